The van der Waals surface area contributed by atoms with Gasteiger partial charge in [0.15, 0.2) is 0 Å². The van der Waals surface area contributed by atoms with Crippen molar-refractivity contribution in [3.63, 3.8) is 0 Å². The molecule has 2 N–H and O–H groups in total. The van der Waals surface area contributed by atoms with E-state index >= 15 is 0 Å². The number of hydrogen-bond donors (Lipinski definition) is 2. The first-order valence-electron chi connectivity index (χ1n) is 6.30. The van der Waals surface area contributed by atoms with E-state index in [1.165, 1.54) is 6.07 Å². The van der Waals surface area contributed by atoms with Gasteiger partial charge in [0.1, 0.15) is 24.3 Å². The van der Waals surface area contributed by atoms with Crippen LogP contribution in [0.25, 0.3) is 0 Å². The highest BCUT2D eigenvalue weighted by Gasteiger charge is 2.08. The molecule has 112 valence electrons. The molecule has 1 unspecified atom stereocenters. The van der Waals surface area contributed by atoms with Crippen molar-refractivity contribution in [3.05, 3.63) is 57.8 Å². The summed E-state index contributed by atoms with van der Waals surface area (Å²) in [4.78, 5) is 0. The van der Waals surface area contributed by atoms with Gasteiger partial charge in [0.2, 0.25) is 0 Å². The second-order valence-electron chi connectivity index (χ2n) is 4.42. The lowest BCUT2D eigenvalue weighted by Gasteiger charge is -2.14. The quantitative estimate of drug-likeness (QED) is 0.800. The van der Waals surface area contributed by atoms with E-state index in [1.807, 2.05) is 0 Å². The average molecular weight is 375 g/mol. The zero-order valence-electron chi connectivity index (χ0n) is 11.0. The van der Waals surface area contributed by atoms with Gasteiger partial charge in [0, 0.05) is 16.0 Å². The molecule has 3 nitrogen and oxygen atoms in total. The molecule has 0 aliphatic carbocycles. The van der Waals surface area contributed by atoms with Crippen molar-refractivity contribution in [2.45, 2.75) is 6.10 Å². The Morgan fingerprint density at radius 3 is 2.62 bits per heavy atom. The predicted octanol–water partition coefficient (Wildman–Crippen LogP) is 4.09. The Labute approximate surface area is 135 Å². The molecule has 21 heavy (non-hydrogen) atoms. The van der Waals surface area contributed by atoms with Gasteiger partial charge >= 0.3 is 0 Å². The fourth-order valence-electron chi connectivity index (χ4n) is 1.64. The van der Waals surface area contributed by atoms with Gasteiger partial charge in [-0.3, -0.25) is 0 Å². The molecule has 1 atom stereocenters. The third-order valence-electron chi connectivity index (χ3n) is 2.72. The topological polar surface area (TPSA) is 41.5 Å². The van der Waals surface area contributed by atoms with Crippen molar-refractivity contribution < 1.29 is 14.2 Å². The third-order valence-corrected chi connectivity index (χ3v) is 3.46. The number of aliphatic hydroxyl groups excluding tert-OH is 1. The Hall–Kier alpha value is -1.30. The minimum absolute atomic E-state index is 0.104. The zero-order chi connectivity index (χ0) is 15.2. The van der Waals surface area contributed by atoms with Gasteiger partial charge in [-0.1, -0.05) is 27.5 Å². The van der Waals surface area contributed by atoms with Gasteiger partial charge in [0.05, 0.1) is 5.69 Å². The molecule has 0 heterocycles. The molecular weight excluding hydrogens is 361 g/mol. The molecule has 0 aliphatic rings. The molecule has 0 radical (unpaired) electrons. The van der Waals surface area contributed by atoms with Crippen LogP contribution in [-0.2, 0) is 0 Å². The van der Waals surface area contributed by atoms with Crippen LogP contribution in [-0.4, -0.2) is 24.4 Å². The highest BCUT2D eigenvalue weighted by molar-refractivity contribution is 9.10. The number of hydrogen-bond acceptors (Lipinski definition) is 3. The fraction of sp³-hybridized carbons (Fsp3) is 0.200. The summed E-state index contributed by atoms with van der Waals surface area (Å²) in [5, 5.41) is 13.3. The van der Waals surface area contributed by atoms with Gasteiger partial charge < -0.3 is 15.2 Å². The number of nitrogens with one attached hydrogen (secondary N) is 1. The monoisotopic (exact) mass is 373 g/mol. The number of benzene rings is 2. The van der Waals surface area contributed by atoms with Crippen LogP contribution in [0.2, 0.25) is 5.02 Å². The summed E-state index contributed by atoms with van der Waals surface area (Å²) in [6.45, 7) is 0.291. The number of halogens is 3. The largest absolute Gasteiger partial charge is 0.491 e. The first-order valence-corrected chi connectivity index (χ1v) is 7.47. The maximum Gasteiger partial charge on any atom is 0.147 e. The second kappa shape index (κ2) is 7.64. The van der Waals surface area contributed by atoms with Gasteiger partial charge in [0.25, 0.3) is 0 Å². The number of anilines is 1. The van der Waals surface area contributed by atoms with E-state index in [0.717, 1.165) is 0 Å². The van der Waals surface area contributed by atoms with Gasteiger partial charge in [-0.25, -0.2) is 4.39 Å². The molecule has 0 saturated heterocycles. The Kier molecular flexibility index (Phi) is 5.85. The Morgan fingerprint density at radius 1 is 1.24 bits per heavy atom. The van der Waals surface area contributed by atoms with Crippen LogP contribution in [0.15, 0.2) is 46.9 Å². The van der Waals surface area contributed by atoms with Crippen LogP contribution >= 0.6 is 27.5 Å². The van der Waals surface area contributed by atoms with Crippen LogP contribution in [0.3, 0.4) is 0 Å². The highest BCUT2D eigenvalue weighted by Crippen LogP contribution is 2.19. The maximum atomic E-state index is 13.6. The SMILES string of the molecule is OC(CNc1ccc(Br)cc1F)COc1ccc(Cl)cc1. The van der Waals surface area contributed by atoms with Crippen LogP contribution in [0, 0.1) is 5.82 Å². The second-order valence-corrected chi connectivity index (χ2v) is 5.78. The van der Waals surface area contributed by atoms with Gasteiger partial charge in [-0.05, 0) is 42.5 Å². The van der Waals surface area contributed by atoms with E-state index in [0.29, 0.717) is 20.9 Å². The van der Waals surface area contributed by atoms with Crippen molar-refractivity contribution in [1.29, 1.82) is 0 Å². The molecule has 0 saturated carbocycles. The summed E-state index contributed by atoms with van der Waals surface area (Å²) in [7, 11) is 0. The molecule has 0 aromatic heterocycles. The maximum absolute atomic E-state index is 13.6. The van der Waals surface area contributed by atoms with E-state index in [1.54, 1.807) is 36.4 Å². The summed E-state index contributed by atoms with van der Waals surface area (Å²) >= 11 is 8.95. The van der Waals surface area contributed by atoms with Gasteiger partial charge in [-0.15, -0.1) is 0 Å². The number of rotatable bonds is 6. The third kappa shape index (κ3) is 5.19. The summed E-state index contributed by atoms with van der Waals surface area (Å²) in [6.07, 6.45) is -0.760. The smallest absolute Gasteiger partial charge is 0.147 e. The lowest BCUT2D eigenvalue weighted by atomic mass is 10.3. The predicted molar refractivity (Wildman–Crippen MR) is 85.5 cm³/mol. The number of ether oxygens (including phenoxy) is 1. The first-order chi connectivity index (χ1) is 10.0. The summed E-state index contributed by atoms with van der Waals surface area (Å²) < 4.78 is 19.6. The van der Waals surface area contributed by atoms with E-state index in [-0.39, 0.29) is 19.0 Å². The minimum atomic E-state index is -0.760. The average Bonchev–Trinajstić information content (AvgIpc) is 2.46. The van der Waals surface area contributed by atoms with Crippen molar-refractivity contribution in [2.75, 3.05) is 18.5 Å². The molecule has 0 aliphatic heterocycles. The lowest BCUT2D eigenvalue weighted by Crippen LogP contribution is -2.26. The van der Waals surface area contributed by atoms with Crippen LogP contribution < -0.4 is 10.1 Å². The minimum Gasteiger partial charge on any atom is -0.491 e. The molecule has 2 rings (SSSR count). The standard InChI is InChI=1S/C15H14BrClFNO2/c16-10-1-6-15(14(18)7-10)19-8-12(20)9-21-13-4-2-11(17)3-5-13/h1-7,12,19-20H,8-9H2. The van der Waals surface area contributed by atoms with Crippen LogP contribution in [0.4, 0.5) is 10.1 Å². The summed E-state index contributed by atoms with van der Waals surface area (Å²) in [5.74, 6) is 0.239. The lowest BCUT2D eigenvalue weighted by molar-refractivity contribution is 0.117. The summed E-state index contributed by atoms with van der Waals surface area (Å²) in [5.41, 5.74) is 0.337. The van der Waals surface area contributed by atoms with E-state index in [4.69, 9.17) is 16.3 Å². The molecule has 0 spiro atoms. The molecular formula is C15H14BrClFNO2. The normalized spacial score (nSPS) is 12.0. The van der Waals surface area contributed by atoms with E-state index < -0.39 is 6.10 Å². The number of aliphatic hydroxyl groups is 1. The van der Waals surface area contributed by atoms with Crippen molar-refractivity contribution >= 4 is 33.2 Å². The van der Waals surface area contributed by atoms with E-state index in [2.05, 4.69) is 21.2 Å². The van der Waals surface area contributed by atoms with Gasteiger partial charge in [-0.2, -0.15) is 0 Å². The highest BCUT2D eigenvalue weighted by atomic mass is 79.9. The Morgan fingerprint density at radius 2 is 1.95 bits per heavy atom. The van der Waals surface area contributed by atoms with Crippen LogP contribution in [0.5, 0.6) is 5.75 Å². The molecule has 0 amide bonds. The Balaban J connectivity index is 1.79. The fourth-order valence-corrected chi connectivity index (χ4v) is 2.10. The van der Waals surface area contributed by atoms with Crippen molar-refractivity contribution in [1.82, 2.24) is 0 Å². The van der Waals surface area contributed by atoms with Crippen molar-refractivity contribution in [3.8, 4) is 5.75 Å². The molecule has 0 bridgehead atoms. The Bertz CT molecular complexity index is 595. The molecule has 6 heteroatoms. The van der Waals surface area contributed by atoms with Crippen LogP contribution in [0.1, 0.15) is 0 Å². The van der Waals surface area contributed by atoms with E-state index in [9.17, 15) is 9.50 Å². The molecule has 2 aromatic carbocycles. The molecule has 0 fully saturated rings. The zero-order valence-corrected chi connectivity index (χ0v) is 13.4. The molecule has 2 aromatic rings. The first kappa shape index (κ1) is 16.1. The van der Waals surface area contributed by atoms with Crippen molar-refractivity contribution in [2.24, 2.45) is 0 Å². The summed E-state index contributed by atoms with van der Waals surface area (Å²) in [6, 6.07) is 11.5.